The first-order valence-electron chi connectivity index (χ1n) is 5.18. The van der Waals surface area contributed by atoms with Crippen LogP contribution in [0.1, 0.15) is 26.3 Å². The lowest BCUT2D eigenvalue weighted by Crippen LogP contribution is -2.27. The normalized spacial score (nSPS) is 10.7. The third kappa shape index (κ3) is 3.94. The van der Waals surface area contributed by atoms with Gasteiger partial charge in [0.05, 0.1) is 16.3 Å². The van der Waals surface area contributed by atoms with E-state index in [9.17, 15) is 9.18 Å². The highest BCUT2D eigenvalue weighted by Crippen LogP contribution is 2.24. The molecule has 0 aliphatic heterocycles. The Hall–Kier alpha value is -1.73. The predicted octanol–water partition coefficient (Wildman–Crippen LogP) is 3.81. The van der Waals surface area contributed by atoms with Crippen molar-refractivity contribution in [3.8, 4) is 12.3 Å². The van der Waals surface area contributed by atoms with Gasteiger partial charge in [-0.25, -0.2) is 9.18 Å². The first-order valence-corrected chi connectivity index (χ1v) is 5.56. The zero-order valence-corrected chi connectivity index (χ0v) is 11.1. The summed E-state index contributed by atoms with van der Waals surface area (Å²) < 4.78 is 18.2. The van der Waals surface area contributed by atoms with Gasteiger partial charge in [-0.1, -0.05) is 17.5 Å². The van der Waals surface area contributed by atoms with Gasteiger partial charge in [-0.05, 0) is 32.9 Å². The van der Waals surface area contributed by atoms with Gasteiger partial charge in [-0.3, -0.25) is 5.32 Å². The van der Waals surface area contributed by atoms with Gasteiger partial charge in [0, 0.05) is 0 Å². The van der Waals surface area contributed by atoms with Gasteiger partial charge >= 0.3 is 6.09 Å². The number of hydrogen-bond acceptors (Lipinski definition) is 2. The van der Waals surface area contributed by atoms with E-state index in [2.05, 4.69) is 11.2 Å². The second kappa shape index (κ2) is 5.28. The van der Waals surface area contributed by atoms with Crippen LogP contribution in [0.3, 0.4) is 0 Å². The quantitative estimate of drug-likeness (QED) is 0.788. The summed E-state index contributed by atoms with van der Waals surface area (Å²) in [6.07, 6.45) is 4.54. The second-order valence-electron chi connectivity index (χ2n) is 4.58. The van der Waals surface area contributed by atoms with Crippen molar-refractivity contribution in [1.82, 2.24) is 0 Å². The summed E-state index contributed by atoms with van der Waals surface area (Å²) >= 11 is 5.62. The lowest BCUT2D eigenvalue weighted by Gasteiger charge is -2.20. The van der Waals surface area contributed by atoms with Crippen LogP contribution in [0.4, 0.5) is 14.9 Å². The molecule has 1 aromatic carbocycles. The van der Waals surface area contributed by atoms with Crippen molar-refractivity contribution in [2.45, 2.75) is 26.4 Å². The predicted molar refractivity (Wildman–Crippen MR) is 69.2 cm³/mol. The molecule has 0 aromatic heterocycles. The smallest absolute Gasteiger partial charge is 0.412 e. The van der Waals surface area contributed by atoms with E-state index in [1.54, 1.807) is 20.8 Å². The van der Waals surface area contributed by atoms with E-state index in [1.807, 2.05) is 0 Å². The first-order chi connectivity index (χ1) is 8.23. The van der Waals surface area contributed by atoms with E-state index in [0.717, 1.165) is 6.07 Å². The van der Waals surface area contributed by atoms with Crippen molar-refractivity contribution < 1.29 is 13.9 Å². The summed E-state index contributed by atoms with van der Waals surface area (Å²) in [5.74, 6) is 1.62. The van der Waals surface area contributed by atoms with Gasteiger partial charge in [0.1, 0.15) is 11.4 Å². The summed E-state index contributed by atoms with van der Waals surface area (Å²) in [6.45, 7) is 5.19. The Bertz CT molecular complexity index is 515. The number of anilines is 1. The van der Waals surface area contributed by atoms with Crippen LogP contribution in [0.2, 0.25) is 5.02 Å². The van der Waals surface area contributed by atoms with Gasteiger partial charge in [-0.2, -0.15) is 0 Å². The molecule has 1 rings (SSSR count). The molecule has 0 aliphatic rings. The van der Waals surface area contributed by atoms with E-state index in [-0.39, 0.29) is 16.3 Å². The minimum Gasteiger partial charge on any atom is -0.444 e. The molecular formula is C13H13ClFNO2. The van der Waals surface area contributed by atoms with Gasteiger partial charge in [0.15, 0.2) is 0 Å². The fraction of sp³-hybridized carbons (Fsp3) is 0.308. The number of rotatable bonds is 1. The van der Waals surface area contributed by atoms with Gasteiger partial charge < -0.3 is 4.74 Å². The number of carbonyl (C=O) groups is 1. The van der Waals surface area contributed by atoms with E-state index in [1.165, 1.54) is 6.07 Å². The van der Waals surface area contributed by atoms with Crippen LogP contribution in [-0.4, -0.2) is 11.7 Å². The molecule has 0 aliphatic carbocycles. The maximum atomic E-state index is 13.2. The van der Waals surface area contributed by atoms with Crippen LogP contribution >= 0.6 is 11.6 Å². The molecule has 0 saturated heterocycles. The van der Waals surface area contributed by atoms with Crippen molar-refractivity contribution in [1.29, 1.82) is 0 Å². The van der Waals surface area contributed by atoms with Gasteiger partial charge in [-0.15, -0.1) is 6.42 Å². The Balaban J connectivity index is 2.95. The number of benzene rings is 1. The Morgan fingerprint density at radius 2 is 2.11 bits per heavy atom. The molecule has 0 bridgehead atoms. The maximum absolute atomic E-state index is 13.2. The molecule has 0 spiro atoms. The average molecular weight is 270 g/mol. The fourth-order valence-electron chi connectivity index (χ4n) is 1.18. The Labute approximate surface area is 110 Å². The van der Waals surface area contributed by atoms with Crippen LogP contribution in [0.15, 0.2) is 12.1 Å². The molecule has 1 N–H and O–H groups in total. The van der Waals surface area contributed by atoms with Crippen LogP contribution in [0, 0.1) is 18.2 Å². The molecule has 18 heavy (non-hydrogen) atoms. The van der Waals surface area contributed by atoms with Crippen molar-refractivity contribution >= 4 is 23.4 Å². The van der Waals surface area contributed by atoms with E-state index >= 15 is 0 Å². The molecule has 1 amide bonds. The summed E-state index contributed by atoms with van der Waals surface area (Å²) in [6, 6.07) is 2.32. The van der Waals surface area contributed by atoms with Crippen molar-refractivity contribution in [2.24, 2.45) is 0 Å². The van der Waals surface area contributed by atoms with E-state index < -0.39 is 17.5 Å². The zero-order valence-electron chi connectivity index (χ0n) is 10.3. The van der Waals surface area contributed by atoms with E-state index in [0.29, 0.717) is 0 Å². The number of halogens is 2. The fourth-order valence-corrected chi connectivity index (χ4v) is 1.35. The van der Waals surface area contributed by atoms with Crippen LogP contribution in [0.5, 0.6) is 0 Å². The molecule has 0 saturated carbocycles. The number of nitrogens with one attached hydrogen (secondary N) is 1. The number of amides is 1. The summed E-state index contributed by atoms with van der Waals surface area (Å²) in [4.78, 5) is 11.6. The lowest BCUT2D eigenvalue weighted by molar-refractivity contribution is 0.0636. The third-order valence-corrected chi connectivity index (χ3v) is 2.14. The highest BCUT2D eigenvalue weighted by Gasteiger charge is 2.17. The number of carbonyl (C=O) groups excluding carboxylic acids is 1. The zero-order chi connectivity index (χ0) is 13.9. The Kier molecular flexibility index (Phi) is 4.20. The standard InChI is InChI=1S/C13H13ClFNO2/c1-5-8-6-10(15)9(14)7-11(8)16-12(17)18-13(2,3)4/h1,6-7H,2-4H3,(H,16,17). The highest BCUT2D eigenvalue weighted by atomic mass is 35.5. The van der Waals surface area contributed by atoms with Crippen LogP contribution in [0.25, 0.3) is 0 Å². The van der Waals surface area contributed by atoms with Crippen molar-refractivity contribution in [3.05, 3.63) is 28.5 Å². The van der Waals surface area contributed by atoms with Crippen molar-refractivity contribution in [2.75, 3.05) is 5.32 Å². The molecule has 0 heterocycles. The van der Waals surface area contributed by atoms with Gasteiger partial charge in [0.25, 0.3) is 0 Å². The largest absolute Gasteiger partial charge is 0.444 e. The SMILES string of the molecule is C#Cc1cc(F)c(Cl)cc1NC(=O)OC(C)(C)C. The van der Waals surface area contributed by atoms with Crippen molar-refractivity contribution in [3.63, 3.8) is 0 Å². The average Bonchev–Trinajstić information content (AvgIpc) is 2.20. The molecular weight excluding hydrogens is 257 g/mol. The van der Waals surface area contributed by atoms with Crippen LogP contribution in [-0.2, 0) is 4.74 Å². The summed E-state index contributed by atoms with van der Waals surface area (Å²) in [7, 11) is 0. The molecule has 0 atom stereocenters. The number of hydrogen-bond donors (Lipinski definition) is 1. The maximum Gasteiger partial charge on any atom is 0.412 e. The molecule has 1 aromatic rings. The monoisotopic (exact) mass is 269 g/mol. The highest BCUT2D eigenvalue weighted by molar-refractivity contribution is 6.31. The minimum atomic E-state index is -0.679. The molecule has 96 valence electrons. The lowest BCUT2D eigenvalue weighted by atomic mass is 10.2. The Morgan fingerprint density at radius 3 is 2.61 bits per heavy atom. The van der Waals surface area contributed by atoms with Crippen LogP contribution < -0.4 is 5.32 Å². The molecule has 0 unspecified atom stereocenters. The third-order valence-electron chi connectivity index (χ3n) is 1.85. The number of ether oxygens (including phenoxy) is 1. The molecule has 0 radical (unpaired) electrons. The molecule has 3 nitrogen and oxygen atoms in total. The summed E-state index contributed by atoms with van der Waals surface area (Å²) in [5.41, 5.74) is -0.203. The molecule has 0 fully saturated rings. The Morgan fingerprint density at radius 1 is 1.50 bits per heavy atom. The number of terminal acetylenes is 1. The van der Waals surface area contributed by atoms with Gasteiger partial charge in [0.2, 0.25) is 0 Å². The topological polar surface area (TPSA) is 38.3 Å². The molecule has 5 heteroatoms. The summed E-state index contributed by atoms with van der Waals surface area (Å²) in [5, 5.41) is 2.31. The first kappa shape index (κ1) is 14.3. The van der Waals surface area contributed by atoms with E-state index in [4.69, 9.17) is 22.8 Å². The minimum absolute atomic E-state index is 0.125. The second-order valence-corrected chi connectivity index (χ2v) is 4.99.